The van der Waals surface area contributed by atoms with Crippen molar-refractivity contribution in [2.24, 2.45) is 17.6 Å². The monoisotopic (exact) mass is 307 g/mol. The van der Waals surface area contributed by atoms with Crippen LogP contribution in [0.3, 0.4) is 0 Å². The van der Waals surface area contributed by atoms with Gasteiger partial charge in [0.2, 0.25) is 5.91 Å². The van der Waals surface area contributed by atoms with Gasteiger partial charge in [0, 0.05) is 6.42 Å². The van der Waals surface area contributed by atoms with Gasteiger partial charge >= 0.3 is 0 Å². The van der Waals surface area contributed by atoms with Gasteiger partial charge in [-0.25, -0.2) is 0 Å². The van der Waals surface area contributed by atoms with Gasteiger partial charge in [-0.05, 0) is 50.4 Å². The molecule has 22 heavy (non-hydrogen) atoms. The van der Waals surface area contributed by atoms with E-state index in [0.29, 0.717) is 6.42 Å². The fourth-order valence-electron chi connectivity index (χ4n) is 3.70. The summed E-state index contributed by atoms with van der Waals surface area (Å²) in [5, 5.41) is 0. The highest BCUT2D eigenvalue weighted by Gasteiger charge is 2.24. The summed E-state index contributed by atoms with van der Waals surface area (Å²) in [7, 11) is 0. The largest absolute Gasteiger partial charge is 0.370 e. The predicted octanol–water partition coefficient (Wildman–Crippen LogP) is 5.76. The van der Waals surface area contributed by atoms with E-state index in [2.05, 4.69) is 19.1 Å². The Labute approximate surface area is 137 Å². The summed E-state index contributed by atoms with van der Waals surface area (Å²) in [5.74, 6) is 1.61. The molecule has 1 fully saturated rings. The molecule has 1 aliphatic carbocycles. The summed E-state index contributed by atoms with van der Waals surface area (Å²) in [6, 6.07) is 0. The molecule has 0 spiro atoms. The molecule has 0 saturated heterocycles. The zero-order valence-electron chi connectivity index (χ0n) is 14.7. The topological polar surface area (TPSA) is 43.1 Å². The van der Waals surface area contributed by atoms with E-state index in [-0.39, 0.29) is 5.91 Å². The van der Waals surface area contributed by atoms with E-state index in [9.17, 15) is 4.79 Å². The third kappa shape index (κ3) is 9.27. The summed E-state index contributed by atoms with van der Waals surface area (Å²) >= 11 is 0. The van der Waals surface area contributed by atoms with Crippen molar-refractivity contribution in [3.05, 3.63) is 12.2 Å². The molecule has 0 bridgehead atoms. The Balaban J connectivity index is 2.07. The molecule has 128 valence electrons. The van der Waals surface area contributed by atoms with Crippen molar-refractivity contribution in [3.63, 3.8) is 0 Å². The first-order valence-corrected chi connectivity index (χ1v) is 9.69. The average molecular weight is 308 g/mol. The number of allylic oxidation sites excluding steroid dienone is 2. The molecular weight excluding hydrogens is 270 g/mol. The minimum absolute atomic E-state index is 0.153. The van der Waals surface area contributed by atoms with Crippen LogP contribution in [0.5, 0.6) is 0 Å². The van der Waals surface area contributed by atoms with Crippen LogP contribution in [0.15, 0.2) is 12.2 Å². The van der Waals surface area contributed by atoms with Gasteiger partial charge in [-0.2, -0.15) is 0 Å². The first kappa shape index (κ1) is 19.3. The Bertz CT molecular complexity index is 311. The number of primary amides is 1. The van der Waals surface area contributed by atoms with Crippen LogP contribution in [0.4, 0.5) is 0 Å². The van der Waals surface area contributed by atoms with Crippen LogP contribution >= 0.6 is 0 Å². The summed E-state index contributed by atoms with van der Waals surface area (Å²) in [6.45, 7) is 2.27. The van der Waals surface area contributed by atoms with Crippen molar-refractivity contribution in [1.29, 1.82) is 0 Å². The number of rotatable bonds is 13. The standard InChI is InChI=1S/C20H37NO/c1-2-3-4-5-6-9-13-18-15-12-16-19(18)14-10-7-8-11-17-20(21)22/h9,13,18-19H,2-8,10-12,14-17H2,1H3,(H2,21,22)/t18-,19-/m0/s1. The molecule has 0 aromatic heterocycles. The summed E-state index contributed by atoms with van der Waals surface area (Å²) in [4.78, 5) is 10.7. The number of hydrogen-bond acceptors (Lipinski definition) is 1. The molecule has 2 nitrogen and oxygen atoms in total. The van der Waals surface area contributed by atoms with E-state index in [1.165, 1.54) is 70.6 Å². The SMILES string of the molecule is CCCCCCC=C[C@H]1CCC[C@@H]1CCCCCCC(N)=O. The highest BCUT2D eigenvalue weighted by molar-refractivity contribution is 5.73. The molecule has 2 heteroatoms. The molecule has 0 unspecified atom stereocenters. The minimum Gasteiger partial charge on any atom is -0.370 e. The lowest BCUT2D eigenvalue weighted by molar-refractivity contribution is -0.118. The highest BCUT2D eigenvalue weighted by atomic mass is 16.1. The predicted molar refractivity (Wildman–Crippen MR) is 95.6 cm³/mol. The average Bonchev–Trinajstić information content (AvgIpc) is 2.93. The van der Waals surface area contributed by atoms with Crippen molar-refractivity contribution in [3.8, 4) is 0 Å². The Hall–Kier alpha value is -0.790. The summed E-state index contributed by atoms with van der Waals surface area (Å²) in [5.41, 5.74) is 5.16. The second kappa shape index (κ2) is 12.7. The molecule has 1 aliphatic rings. The van der Waals surface area contributed by atoms with Crippen LogP contribution in [0.1, 0.15) is 96.8 Å². The van der Waals surface area contributed by atoms with Crippen molar-refractivity contribution >= 4 is 5.91 Å². The van der Waals surface area contributed by atoms with E-state index >= 15 is 0 Å². The van der Waals surface area contributed by atoms with E-state index in [1.54, 1.807) is 0 Å². The first-order chi connectivity index (χ1) is 10.7. The number of carbonyl (C=O) groups excluding carboxylic acids is 1. The quantitative estimate of drug-likeness (QED) is 0.341. The molecule has 1 rings (SSSR count). The van der Waals surface area contributed by atoms with Gasteiger partial charge in [0.1, 0.15) is 0 Å². The molecule has 2 N–H and O–H groups in total. The number of amides is 1. The van der Waals surface area contributed by atoms with Crippen molar-refractivity contribution < 1.29 is 4.79 Å². The molecule has 1 amide bonds. The van der Waals surface area contributed by atoms with Crippen LogP contribution in [0.2, 0.25) is 0 Å². The van der Waals surface area contributed by atoms with Crippen LogP contribution in [0.25, 0.3) is 0 Å². The van der Waals surface area contributed by atoms with Gasteiger partial charge in [-0.15, -0.1) is 0 Å². The van der Waals surface area contributed by atoms with Gasteiger partial charge < -0.3 is 5.73 Å². The molecule has 0 aliphatic heterocycles. The maximum Gasteiger partial charge on any atom is 0.217 e. The van der Waals surface area contributed by atoms with Crippen molar-refractivity contribution in [1.82, 2.24) is 0 Å². The lowest BCUT2D eigenvalue weighted by Gasteiger charge is -2.16. The lowest BCUT2D eigenvalue weighted by atomic mass is 9.90. The van der Waals surface area contributed by atoms with Gasteiger partial charge in [0.05, 0.1) is 0 Å². The minimum atomic E-state index is -0.153. The molecule has 0 radical (unpaired) electrons. The fraction of sp³-hybridized carbons (Fsp3) is 0.850. The maximum atomic E-state index is 10.7. The smallest absolute Gasteiger partial charge is 0.217 e. The second-order valence-electron chi connectivity index (χ2n) is 7.05. The Morgan fingerprint density at radius 3 is 2.59 bits per heavy atom. The van der Waals surface area contributed by atoms with Crippen molar-refractivity contribution in [2.75, 3.05) is 0 Å². The van der Waals surface area contributed by atoms with Gasteiger partial charge in [0.25, 0.3) is 0 Å². The van der Waals surface area contributed by atoms with E-state index in [1.807, 2.05) is 0 Å². The van der Waals surface area contributed by atoms with Gasteiger partial charge in [-0.1, -0.05) is 64.0 Å². The van der Waals surface area contributed by atoms with Crippen LogP contribution < -0.4 is 5.73 Å². The Kier molecular flexibility index (Phi) is 11.1. The van der Waals surface area contributed by atoms with E-state index in [0.717, 1.165) is 24.7 Å². The molecule has 0 heterocycles. The molecule has 0 aromatic carbocycles. The zero-order valence-corrected chi connectivity index (χ0v) is 14.7. The molecular formula is C20H37NO. The Morgan fingerprint density at radius 2 is 1.82 bits per heavy atom. The third-order valence-corrected chi connectivity index (χ3v) is 5.07. The number of hydrogen-bond donors (Lipinski definition) is 1. The Morgan fingerprint density at radius 1 is 1.05 bits per heavy atom. The van der Waals surface area contributed by atoms with Crippen LogP contribution in [-0.2, 0) is 4.79 Å². The summed E-state index contributed by atoms with van der Waals surface area (Å²) in [6.07, 6.45) is 22.6. The molecule has 2 atom stereocenters. The third-order valence-electron chi connectivity index (χ3n) is 5.07. The van der Waals surface area contributed by atoms with Gasteiger partial charge in [-0.3, -0.25) is 4.79 Å². The summed E-state index contributed by atoms with van der Waals surface area (Å²) < 4.78 is 0. The van der Waals surface area contributed by atoms with E-state index in [4.69, 9.17) is 5.73 Å². The fourth-order valence-corrected chi connectivity index (χ4v) is 3.70. The number of carbonyl (C=O) groups is 1. The zero-order chi connectivity index (χ0) is 16.0. The maximum absolute atomic E-state index is 10.7. The van der Waals surface area contributed by atoms with Crippen molar-refractivity contribution in [2.45, 2.75) is 96.8 Å². The number of unbranched alkanes of at least 4 members (excludes halogenated alkanes) is 7. The van der Waals surface area contributed by atoms with Gasteiger partial charge in [0.15, 0.2) is 0 Å². The number of nitrogens with two attached hydrogens (primary N) is 1. The van der Waals surface area contributed by atoms with Crippen LogP contribution in [0, 0.1) is 11.8 Å². The highest BCUT2D eigenvalue weighted by Crippen LogP contribution is 2.36. The van der Waals surface area contributed by atoms with E-state index < -0.39 is 0 Å². The normalized spacial score (nSPS) is 21.7. The first-order valence-electron chi connectivity index (χ1n) is 9.69. The van der Waals surface area contributed by atoms with Crippen LogP contribution in [-0.4, -0.2) is 5.91 Å². The second-order valence-corrected chi connectivity index (χ2v) is 7.05. The lowest BCUT2D eigenvalue weighted by Crippen LogP contribution is -2.09. The molecule has 0 aromatic rings. The molecule has 1 saturated carbocycles.